The van der Waals surface area contributed by atoms with Crippen LogP contribution >= 0.6 is 0 Å². The maximum Gasteiger partial charge on any atom is 0.251 e. The first-order chi connectivity index (χ1) is 13.7. The predicted molar refractivity (Wildman–Crippen MR) is 101 cm³/mol. The van der Waals surface area contributed by atoms with Crippen molar-refractivity contribution in [3.63, 3.8) is 0 Å². The molecule has 1 amide bonds. The summed E-state index contributed by atoms with van der Waals surface area (Å²) in [5, 5.41) is 6.66. The number of benzene rings is 1. The van der Waals surface area contributed by atoms with E-state index in [0.717, 1.165) is 24.2 Å². The molecule has 1 N–H and O–H groups in total. The lowest BCUT2D eigenvalue weighted by Gasteiger charge is -2.17. The molecule has 148 valence electrons. The van der Waals surface area contributed by atoms with Crippen LogP contribution in [0.5, 0.6) is 0 Å². The van der Waals surface area contributed by atoms with Crippen LogP contribution in [-0.2, 0) is 17.7 Å². The summed E-state index contributed by atoms with van der Waals surface area (Å²) in [7, 11) is 1.61. The zero-order chi connectivity index (χ0) is 19.3. The Hall–Kier alpha value is -2.74. The minimum absolute atomic E-state index is 0.192. The van der Waals surface area contributed by atoms with Crippen molar-refractivity contribution in [1.82, 2.24) is 20.4 Å². The van der Waals surface area contributed by atoms with Gasteiger partial charge in [0.15, 0.2) is 17.3 Å². The lowest BCUT2D eigenvalue weighted by molar-refractivity contribution is 0.0949. The highest BCUT2D eigenvalue weighted by molar-refractivity contribution is 5.96. The van der Waals surface area contributed by atoms with E-state index in [9.17, 15) is 4.79 Å². The third kappa shape index (κ3) is 4.22. The molecule has 3 aromatic rings. The number of nitrogens with zero attached hydrogens (tertiary/aromatic N) is 3. The van der Waals surface area contributed by atoms with Gasteiger partial charge in [0.1, 0.15) is 5.52 Å². The van der Waals surface area contributed by atoms with Crippen molar-refractivity contribution in [3.8, 4) is 0 Å². The molecule has 0 atom stereocenters. The molecule has 0 aliphatic heterocycles. The van der Waals surface area contributed by atoms with Gasteiger partial charge >= 0.3 is 0 Å². The van der Waals surface area contributed by atoms with E-state index in [4.69, 9.17) is 13.7 Å². The molecule has 0 spiro atoms. The van der Waals surface area contributed by atoms with Crippen molar-refractivity contribution in [2.75, 3.05) is 13.7 Å². The third-order valence-corrected chi connectivity index (χ3v) is 5.06. The smallest absolute Gasteiger partial charge is 0.251 e. The van der Waals surface area contributed by atoms with E-state index in [-0.39, 0.29) is 12.5 Å². The number of carbonyl (C=O) groups is 1. The van der Waals surface area contributed by atoms with Crippen molar-refractivity contribution in [2.24, 2.45) is 0 Å². The summed E-state index contributed by atoms with van der Waals surface area (Å²) in [4.78, 5) is 21.3. The minimum atomic E-state index is -0.222. The van der Waals surface area contributed by atoms with Gasteiger partial charge in [0.05, 0.1) is 19.6 Å². The molecule has 8 nitrogen and oxygen atoms in total. The number of hydrogen-bond acceptors (Lipinski definition) is 7. The zero-order valence-electron chi connectivity index (χ0n) is 15.9. The first-order valence-electron chi connectivity index (χ1n) is 9.72. The second-order valence-electron chi connectivity index (χ2n) is 7.10. The second-order valence-corrected chi connectivity index (χ2v) is 7.10. The molecule has 2 heterocycles. The quantitative estimate of drug-likeness (QED) is 0.666. The number of ether oxygens (including phenoxy) is 1. The summed E-state index contributed by atoms with van der Waals surface area (Å²) in [6, 6.07) is 5.33. The van der Waals surface area contributed by atoms with Crippen LogP contribution in [-0.4, -0.2) is 34.7 Å². The summed E-state index contributed by atoms with van der Waals surface area (Å²) < 4.78 is 16.0. The zero-order valence-corrected chi connectivity index (χ0v) is 15.9. The second kappa shape index (κ2) is 8.52. The molecule has 28 heavy (non-hydrogen) atoms. The van der Waals surface area contributed by atoms with Crippen LogP contribution in [0.25, 0.3) is 11.1 Å². The molecule has 0 radical (unpaired) electrons. The number of methoxy groups -OCH3 is 1. The van der Waals surface area contributed by atoms with Gasteiger partial charge in [-0.3, -0.25) is 4.79 Å². The largest absolute Gasteiger partial charge is 0.440 e. The molecule has 0 bridgehead atoms. The number of nitrogens with one attached hydrogen (secondary N) is 1. The maximum atomic E-state index is 12.5. The van der Waals surface area contributed by atoms with Crippen LogP contribution < -0.4 is 5.32 Å². The Balaban J connectivity index is 1.40. The Bertz CT molecular complexity index is 943. The Morgan fingerprint density at radius 3 is 2.93 bits per heavy atom. The van der Waals surface area contributed by atoms with Crippen molar-refractivity contribution in [2.45, 2.75) is 51.0 Å². The lowest BCUT2D eigenvalue weighted by Crippen LogP contribution is -2.23. The molecule has 1 saturated carbocycles. The summed E-state index contributed by atoms with van der Waals surface area (Å²) in [6.07, 6.45) is 6.52. The molecule has 8 heteroatoms. The van der Waals surface area contributed by atoms with Gasteiger partial charge in [0.25, 0.3) is 5.91 Å². The molecule has 2 aromatic heterocycles. The Morgan fingerprint density at radius 2 is 2.11 bits per heavy atom. The average molecular weight is 384 g/mol. The van der Waals surface area contributed by atoms with Crippen molar-refractivity contribution in [1.29, 1.82) is 0 Å². The first kappa shape index (κ1) is 18.6. The molecule has 0 unspecified atom stereocenters. The summed E-state index contributed by atoms with van der Waals surface area (Å²) in [5.41, 5.74) is 1.95. The van der Waals surface area contributed by atoms with Gasteiger partial charge < -0.3 is 19.0 Å². The molecule has 1 aliphatic carbocycles. The average Bonchev–Trinajstić information content (AvgIpc) is 3.37. The number of carbonyl (C=O) groups excluding carboxylic acids is 1. The summed E-state index contributed by atoms with van der Waals surface area (Å²) in [5.74, 6) is 1.89. The van der Waals surface area contributed by atoms with Crippen molar-refractivity contribution >= 4 is 17.0 Å². The number of aromatic nitrogens is 3. The fourth-order valence-corrected chi connectivity index (χ4v) is 3.52. The van der Waals surface area contributed by atoms with Crippen LogP contribution in [0.1, 0.15) is 66.0 Å². The molecular weight excluding hydrogens is 360 g/mol. The number of oxazole rings is 1. The van der Waals surface area contributed by atoms with E-state index >= 15 is 0 Å². The van der Waals surface area contributed by atoms with E-state index in [0.29, 0.717) is 41.8 Å². The van der Waals surface area contributed by atoms with Gasteiger partial charge in [0.2, 0.25) is 5.89 Å². The highest BCUT2D eigenvalue weighted by Crippen LogP contribution is 2.33. The summed E-state index contributed by atoms with van der Waals surface area (Å²) >= 11 is 0. The van der Waals surface area contributed by atoms with Crippen molar-refractivity contribution in [3.05, 3.63) is 41.4 Å². The molecule has 4 rings (SSSR count). The normalized spacial score (nSPS) is 15.2. The lowest BCUT2D eigenvalue weighted by atomic mass is 9.89. The number of rotatable bonds is 7. The fourth-order valence-electron chi connectivity index (χ4n) is 3.52. The topological polar surface area (TPSA) is 103 Å². The fraction of sp³-hybridized carbons (Fsp3) is 0.500. The van der Waals surface area contributed by atoms with Gasteiger partial charge in [0, 0.05) is 18.6 Å². The highest BCUT2D eigenvalue weighted by Gasteiger charge is 2.21. The minimum Gasteiger partial charge on any atom is -0.440 e. The SMILES string of the molecule is COCCc1nc(CNC(=O)c2ccc3nc(C4CCCCC4)oc3c2)no1. The molecule has 1 aromatic carbocycles. The van der Waals surface area contributed by atoms with Gasteiger partial charge in [-0.05, 0) is 31.0 Å². The van der Waals surface area contributed by atoms with Crippen LogP contribution in [0.15, 0.2) is 27.1 Å². The monoisotopic (exact) mass is 384 g/mol. The Morgan fingerprint density at radius 1 is 1.25 bits per heavy atom. The van der Waals surface area contributed by atoms with E-state index in [1.54, 1.807) is 19.2 Å². The van der Waals surface area contributed by atoms with Crippen LogP contribution in [0.3, 0.4) is 0 Å². The van der Waals surface area contributed by atoms with Gasteiger partial charge in [-0.15, -0.1) is 0 Å². The molecule has 0 saturated heterocycles. The van der Waals surface area contributed by atoms with E-state index in [1.165, 1.54) is 19.3 Å². The standard InChI is InChI=1S/C20H24N4O4/c1-26-10-9-18-23-17(24-28-18)12-21-19(25)14-7-8-15-16(11-14)27-20(22-15)13-5-3-2-4-6-13/h7-8,11,13H,2-6,9-10,12H2,1H3,(H,21,25). The summed E-state index contributed by atoms with van der Waals surface area (Å²) in [6.45, 7) is 0.700. The van der Waals surface area contributed by atoms with Gasteiger partial charge in [-0.1, -0.05) is 24.4 Å². The van der Waals surface area contributed by atoms with Crippen LogP contribution in [0, 0.1) is 0 Å². The van der Waals surface area contributed by atoms with E-state index < -0.39 is 0 Å². The van der Waals surface area contributed by atoms with Crippen molar-refractivity contribution < 1.29 is 18.5 Å². The number of fused-ring (bicyclic) bond motifs is 1. The van der Waals surface area contributed by atoms with Gasteiger partial charge in [-0.2, -0.15) is 4.98 Å². The first-order valence-corrected chi connectivity index (χ1v) is 9.72. The predicted octanol–water partition coefficient (Wildman–Crippen LogP) is 3.38. The third-order valence-electron chi connectivity index (χ3n) is 5.06. The molecule has 1 aliphatic rings. The van der Waals surface area contributed by atoms with Gasteiger partial charge in [-0.25, -0.2) is 4.98 Å². The number of hydrogen-bond donors (Lipinski definition) is 1. The van der Waals surface area contributed by atoms with Crippen LogP contribution in [0.2, 0.25) is 0 Å². The van der Waals surface area contributed by atoms with E-state index in [2.05, 4.69) is 20.4 Å². The number of amides is 1. The Kier molecular flexibility index (Phi) is 5.66. The van der Waals surface area contributed by atoms with E-state index in [1.807, 2.05) is 6.07 Å². The maximum absolute atomic E-state index is 12.5. The van der Waals surface area contributed by atoms with Crippen LogP contribution in [0.4, 0.5) is 0 Å². The molecule has 1 fully saturated rings. The highest BCUT2D eigenvalue weighted by atomic mass is 16.5. The Labute approximate surface area is 162 Å². The molecular formula is C20H24N4O4.